The second-order valence-electron chi connectivity index (χ2n) is 4.52. The van der Waals surface area contributed by atoms with Crippen molar-refractivity contribution in [2.24, 2.45) is 0 Å². The number of amides is 2. The first kappa shape index (κ1) is 18.3. The van der Waals surface area contributed by atoms with E-state index < -0.39 is 17.6 Å². The maximum absolute atomic E-state index is 11.3. The van der Waals surface area contributed by atoms with Gasteiger partial charge in [-0.15, -0.1) is 0 Å². The Morgan fingerprint density at radius 3 is 1.95 bits per heavy atom. The normalized spacial score (nSPS) is 9.90. The molecule has 0 saturated heterocycles. The summed E-state index contributed by atoms with van der Waals surface area (Å²) in [5.41, 5.74) is 0. The molecule has 0 radical (unpaired) electrons. The fourth-order valence-corrected chi connectivity index (χ4v) is 1.60. The molecule has 0 spiro atoms. The van der Waals surface area contributed by atoms with Gasteiger partial charge in [0.25, 0.3) is 11.8 Å². The third-order valence-electron chi connectivity index (χ3n) is 2.69. The van der Waals surface area contributed by atoms with Gasteiger partial charge in [-0.2, -0.15) is 0 Å². The lowest BCUT2D eigenvalue weighted by Gasteiger charge is -2.04. The van der Waals surface area contributed by atoms with Gasteiger partial charge in [-0.25, -0.2) is 0 Å². The number of carbonyl (C=O) groups is 4. The smallest absolute Gasteiger partial charge is 0.287 e. The van der Waals surface area contributed by atoms with E-state index >= 15 is 0 Å². The first-order valence-corrected chi connectivity index (χ1v) is 7.14. The predicted octanol–water partition coefficient (Wildman–Crippen LogP) is 0.737. The minimum absolute atomic E-state index is 0.217. The van der Waals surface area contributed by atoms with E-state index in [2.05, 4.69) is 10.6 Å². The lowest BCUT2D eigenvalue weighted by atomic mass is 10.1. The predicted molar refractivity (Wildman–Crippen MR) is 75.1 cm³/mol. The van der Waals surface area contributed by atoms with Gasteiger partial charge in [-0.05, 0) is 26.2 Å². The van der Waals surface area contributed by atoms with E-state index in [1.165, 1.54) is 0 Å². The molecule has 0 aliphatic rings. The van der Waals surface area contributed by atoms with Crippen molar-refractivity contribution in [3.63, 3.8) is 0 Å². The summed E-state index contributed by atoms with van der Waals surface area (Å²) in [6.07, 6.45) is 3.17. The number of unbranched alkanes of at least 4 members (excludes halogenated alkanes) is 2. The van der Waals surface area contributed by atoms with Crippen molar-refractivity contribution >= 4 is 23.4 Å². The quantitative estimate of drug-likeness (QED) is 0.432. The van der Waals surface area contributed by atoms with E-state index in [0.717, 1.165) is 6.42 Å². The Kier molecular flexibility index (Phi) is 10.2. The van der Waals surface area contributed by atoms with Crippen LogP contribution in [0.5, 0.6) is 0 Å². The van der Waals surface area contributed by atoms with Gasteiger partial charge in [-0.3, -0.25) is 19.2 Å². The maximum Gasteiger partial charge on any atom is 0.287 e. The molecule has 0 aliphatic carbocycles. The fraction of sp³-hybridized carbons (Fsp3) is 0.714. The lowest BCUT2D eigenvalue weighted by molar-refractivity contribution is -0.138. The van der Waals surface area contributed by atoms with Crippen LogP contribution in [0.15, 0.2) is 0 Å². The number of hydrogen-bond donors (Lipinski definition) is 2. The van der Waals surface area contributed by atoms with E-state index in [0.29, 0.717) is 32.4 Å². The van der Waals surface area contributed by atoms with Crippen molar-refractivity contribution in [1.82, 2.24) is 10.6 Å². The Balaban J connectivity index is 3.58. The van der Waals surface area contributed by atoms with E-state index in [-0.39, 0.29) is 18.6 Å². The number of hydrogen-bond acceptors (Lipinski definition) is 4. The van der Waals surface area contributed by atoms with Crippen molar-refractivity contribution in [3.05, 3.63) is 0 Å². The summed E-state index contributed by atoms with van der Waals surface area (Å²) >= 11 is 0. The van der Waals surface area contributed by atoms with E-state index in [9.17, 15) is 19.2 Å². The summed E-state index contributed by atoms with van der Waals surface area (Å²) in [5.74, 6) is -1.87. The summed E-state index contributed by atoms with van der Waals surface area (Å²) < 4.78 is 0. The molecule has 0 aromatic heterocycles. The Hall–Kier alpha value is -1.72. The highest BCUT2D eigenvalue weighted by atomic mass is 16.2. The number of rotatable bonds is 11. The van der Waals surface area contributed by atoms with Crippen LogP contribution in [-0.2, 0) is 19.2 Å². The maximum atomic E-state index is 11.3. The third-order valence-corrected chi connectivity index (χ3v) is 2.69. The van der Waals surface area contributed by atoms with Crippen molar-refractivity contribution in [2.45, 2.75) is 52.4 Å². The summed E-state index contributed by atoms with van der Waals surface area (Å²) in [4.78, 5) is 44.9. The summed E-state index contributed by atoms with van der Waals surface area (Å²) in [7, 11) is 0. The highest BCUT2D eigenvalue weighted by molar-refractivity contribution is 6.36. The van der Waals surface area contributed by atoms with E-state index in [1.54, 1.807) is 6.92 Å². The highest BCUT2D eigenvalue weighted by Gasteiger charge is 2.12. The molecule has 0 aliphatic heterocycles. The summed E-state index contributed by atoms with van der Waals surface area (Å²) in [6.45, 7) is 4.47. The van der Waals surface area contributed by atoms with Gasteiger partial charge in [0.05, 0.1) is 0 Å². The monoisotopic (exact) mass is 284 g/mol. The molecule has 0 fully saturated rings. The van der Waals surface area contributed by atoms with Crippen molar-refractivity contribution < 1.29 is 19.2 Å². The van der Waals surface area contributed by atoms with E-state index in [1.807, 2.05) is 6.92 Å². The van der Waals surface area contributed by atoms with Crippen LogP contribution in [0.25, 0.3) is 0 Å². The SMILES string of the molecule is CCCC(=O)C(=O)NCCCCCC(=O)C(=O)NCC. The van der Waals surface area contributed by atoms with Crippen LogP contribution in [0.3, 0.4) is 0 Å². The number of likely N-dealkylation sites (N-methyl/N-ethyl adjacent to an activating group) is 1. The molecular formula is C14H24N2O4. The molecular weight excluding hydrogens is 260 g/mol. The van der Waals surface area contributed by atoms with Crippen molar-refractivity contribution in [1.29, 1.82) is 0 Å². The average molecular weight is 284 g/mol. The van der Waals surface area contributed by atoms with Gasteiger partial charge >= 0.3 is 0 Å². The van der Waals surface area contributed by atoms with Gasteiger partial charge in [0.1, 0.15) is 0 Å². The number of ketones is 2. The van der Waals surface area contributed by atoms with Crippen molar-refractivity contribution in [3.8, 4) is 0 Å². The third kappa shape index (κ3) is 8.39. The standard InChI is InChI=1S/C14H24N2O4/c1-3-8-11(17)14(20)16-10-7-5-6-9-12(18)13(19)15-4-2/h3-10H2,1-2H3,(H,15,19)(H,16,20). The van der Waals surface area contributed by atoms with E-state index in [4.69, 9.17) is 0 Å². The van der Waals surface area contributed by atoms with Crippen LogP contribution in [0, 0.1) is 0 Å². The molecule has 0 unspecified atom stereocenters. The molecule has 114 valence electrons. The summed E-state index contributed by atoms with van der Waals surface area (Å²) in [5, 5.41) is 5.00. The van der Waals surface area contributed by atoms with Crippen LogP contribution < -0.4 is 10.6 Å². The van der Waals surface area contributed by atoms with Gasteiger partial charge in [0, 0.05) is 25.9 Å². The van der Waals surface area contributed by atoms with Crippen LogP contribution >= 0.6 is 0 Å². The van der Waals surface area contributed by atoms with Gasteiger partial charge in [-0.1, -0.05) is 13.3 Å². The largest absolute Gasteiger partial charge is 0.350 e. The molecule has 0 bridgehead atoms. The zero-order chi connectivity index (χ0) is 15.4. The second kappa shape index (κ2) is 11.1. The van der Waals surface area contributed by atoms with Crippen molar-refractivity contribution in [2.75, 3.05) is 13.1 Å². The van der Waals surface area contributed by atoms with Crippen LogP contribution in [0.1, 0.15) is 52.4 Å². The zero-order valence-electron chi connectivity index (χ0n) is 12.3. The Labute approximate surface area is 119 Å². The van der Waals surface area contributed by atoms with Crippen LogP contribution in [0.4, 0.5) is 0 Å². The molecule has 2 N–H and O–H groups in total. The Morgan fingerprint density at radius 2 is 1.35 bits per heavy atom. The Morgan fingerprint density at radius 1 is 0.750 bits per heavy atom. The van der Waals surface area contributed by atoms with Crippen LogP contribution in [-0.4, -0.2) is 36.5 Å². The minimum Gasteiger partial charge on any atom is -0.350 e. The first-order valence-electron chi connectivity index (χ1n) is 7.14. The molecule has 0 atom stereocenters. The van der Waals surface area contributed by atoms with Gasteiger partial charge in [0.2, 0.25) is 11.6 Å². The highest BCUT2D eigenvalue weighted by Crippen LogP contribution is 2.00. The molecule has 6 nitrogen and oxygen atoms in total. The average Bonchev–Trinajstić information content (AvgIpc) is 2.42. The molecule has 0 aromatic carbocycles. The molecule has 0 rings (SSSR count). The fourth-order valence-electron chi connectivity index (χ4n) is 1.60. The molecule has 2 amide bonds. The minimum atomic E-state index is -0.537. The van der Waals surface area contributed by atoms with Gasteiger partial charge in [0.15, 0.2) is 0 Å². The molecule has 0 aromatic rings. The molecule has 0 heterocycles. The first-order chi connectivity index (χ1) is 9.52. The zero-order valence-corrected chi connectivity index (χ0v) is 12.3. The van der Waals surface area contributed by atoms with Gasteiger partial charge < -0.3 is 10.6 Å². The number of nitrogens with one attached hydrogen (secondary N) is 2. The molecule has 6 heteroatoms. The molecule has 20 heavy (non-hydrogen) atoms. The number of Topliss-reactive ketones (excluding diaryl/α,β-unsaturated/α-hetero) is 2. The topological polar surface area (TPSA) is 92.3 Å². The second-order valence-corrected chi connectivity index (χ2v) is 4.52. The Bertz CT molecular complexity index is 319. The molecule has 0 saturated carbocycles. The number of carbonyl (C=O) groups excluding carboxylic acids is 4. The lowest BCUT2D eigenvalue weighted by Crippen LogP contribution is -2.31. The van der Waals surface area contributed by atoms with Crippen LogP contribution in [0.2, 0.25) is 0 Å². The summed E-state index contributed by atoms with van der Waals surface area (Å²) in [6, 6.07) is 0.